The molecule has 44 heavy (non-hydrogen) atoms. The van der Waals surface area contributed by atoms with E-state index in [9.17, 15) is 28.8 Å². The average Bonchev–Trinajstić information content (AvgIpc) is 3.53. The number of rotatable bonds is 11. The second-order valence-corrected chi connectivity index (χ2v) is 9.88. The monoisotopic (exact) mass is 616 g/mol. The molecule has 0 aliphatic carbocycles. The molecule has 4 heterocycles. The minimum Gasteiger partial charge on any atom is -0.463 e. The van der Waals surface area contributed by atoms with Crippen molar-refractivity contribution < 1.29 is 47.4 Å². The van der Waals surface area contributed by atoms with Crippen LogP contribution in [0.1, 0.15) is 51.2 Å². The molecule has 0 spiro atoms. The van der Waals surface area contributed by atoms with Gasteiger partial charge in [-0.25, -0.2) is 14.6 Å². The summed E-state index contributed by atoms with van der Waals surface area (Å²) in [5, 5.41) is 0. The minimum atomic E-state index is -1.13. The molecule has 4 rings (SSSR count). The van der Waals surface area contributed by atoms with Crippen molar-refractivity contribution in [1.82, 2.24) is 18.7 Å². The van der Waals surface area contributed by atoms with Gasteiger partial charge in [0.25, 0.3) is 5.56 Å². The van der Waals surface area contributed by atoms with Crippen LogP contribution in [-0.4, -0.2) is 74.1 Å². The molecule has 1 aliphatic rings. The van der Waals surface area contributed by atoms with E-state index in [2.05, 4.69) is 4.98 Å². The van der Waals surface area contributed by atoms with E-state index >= 15 is 0 Å². The van der Waals surface area contributed by atoms with Crippen LogP contribution in [-0.2, 0) is 57.7 Å². The first-order valence-corrected chi connectivity index (χ1v) is 14.0. The van der Waals surface area contributed by atoms with Gasteiger partial charge in [-0.1, -0.05) is 0 Å². The lowest BCUT2D eigenvalue weighted by Crippen LogP contribution is -2.48. The van der Waals surface area contributed by atoms with Crippen molar-refractivity contribution in [1.29, 1.82) is 0 Å². The van der Waals surface area contributed by atoms with Crippen molar-refractivity contribution in [2.45, 2.75) is 78.8 Å². The fourth-order valence-corrected chi connectivity index (χ4v) is 5.00. The zero-order valence-corrected chi connectivity index (χ0v) is 25.0. The van der Waals surface area contributed by atoms with Crippen LogP contribution in [0.2, 0.25) is 0 Å². The summed E-state index contributed by atoms with van der Waals surface area (Å²) >= 11 is 0. The molecule has 3 aromatic heterocycles. The molecule has 0 N–H and O–H groups in total. The Hall–Kier alpha value is -4.86. The Bertz CT molecular complexity index is 1690. The summed E-state index contributed by atoms with van der Waals surface area (Å²) in [6.45, 7) is 7.27. The van der Waals surface area contributed by atoms with Crippen LogP contribution < -0.4 is 15.8 Å². The number of imidazole rings is 1. The molecule has 0 radical (unpaired) electrons. The number of nitrogens with zero attached hydrogens (tertiary/aromatic N) is 5. The summed E-state index contributed by atoms with van der Waals surface area (Å²) < 4.78 is 32.8. The first-order chi connectivity index (χ1) is 21.0. The predicted molar refractivity (Wildman–Crippen MR) is 148 cm³/mol. The van der Waals surface area contributed by atoms with E-state index in [-0.39, 0.29) is 43.0 Å². The Balaban J connectivity index is 1.53. The molecule has 1 aliphatic heterocycles. The lowest BCUT2D eigenvalue weighted by Gasteiger charge is -2.21. The number of esters is 4. The number of ether oxygens (including phenoxy) is 5. The van der Waals surface area contributed by atoms with E-state index in [0.717, 1.165) is 4.57 Å². The van der Waals surface area contributed by atoms with Gasteiger partial charge in [0, 0.05) is 39.9 Å². The SMILES string of the molecule is CCn1c(=O)c2c(ncn2CCOC(=O)c2ccc[n+]([C@@H]3O[C@H](COC(C)=O)[C@@H](OC(C)=O)[C@H]3OC(C)=O)c2)n(CC)c1=O. The third-order valence-electron chi connectivity index (χ3n) is 6.87. The normalized spacial score (nSPS) is 19.5. The van der Waals surface area contributed by atoms with Crippen molar-refractivity contribution in [2.75, 3.05) is 13.2 Å². The number of hydrogen-bond acceptors (Lipinski definition) is 12. The van der Waals surface area contributed by atoms with Gasteiger partial charge in [-0.15, -0.1) is 0 Å². The standard InChI is InChI=1S/C28H34N5O11/c1-6-32-24-21(25(37)33(7-2)28(32)39)31(15-29-24)11-12-40-27(38)19-9-8-10-30(13-19)26-23(43-18(5)36)22(42-17(4)35)20(44-26)14-41-16(3)34/h8-10,13,15,20,22-23,26H,6-7,11-12,14H2,1-5H3/q+1/t20-,22-,23-,26-/m1/s1. The fourth-order valence-electron chi connectivity index (χ4n) is 5.00. The number of hydrogen-bond donors (Lipinski definition) is 0. The van der Waals surface area contributed by atoms with Crippen molar-refractivity contribution >= 4 is 35.0 Å². The molecule has 16 nitrogen and oxygen atoms in total. The molecular weight excluding hydrogens is 582 g/mol. The Morgan fingerprint density at radius 3 is 2.27 bits per heavy atom. The van der Waals surface area contributed by atoms with Gasteiger partial charge in [-0.2, -0.15) is 4.57 Å². The molecule has 0 unspecified atom stereocenters. The van der Waals surface area contributed by atoms with E-state index in [4.69, 9.17) is 23.7 Å². The molecular formula is C28H34N5O11+. The summed E-state index contributed by atoms with van der Waals surface area (Å²) in [6, 6.07) is 3.05. The van der Waals surface area contributed by atoms with Gasteiger partial charge in [-0.05, 0) is 19.9 Å². The summed E-state index contributed by atoms with van der Waals surface area (Å²) in [7, 11) is 0. The van der Waals surface area contributed by atoms with Crippen LogP contribution in [0.15, 0.2) is 40.4 Å². The molecule has 236 valence electrons. The summed E-state index contributed by atoms with van der Waals surface area (Å²) in [5.74, 6) is -2.61. The van der Waals surface area contributed by atoms with Crippen LogP contribution >= 0.6 is 0 Å². The highest BCUT2D eigenvalue weighted by Gasteiger charge is 2.54. The van der Waals surface area contributed by atoms with Crippen LogP contribution in [0.3, 0.4) is 0 Å². The number of carbonyl (C=O) groups is 4. The van der Waals surface area contributed by atoms with Crippen LogP contribution in [0, 0.1) is 0 Å². The van der Waals surface area contributed by atoms with Crippen molar-refractivity contribution in [2.24, 2.45) is 0 Å². The molecule has 1 saturated heterocycles. The van der Waals surface area contributed by atoms with Gasteiger partial charge >= 0.3 is 35.8 Å². The smallest absolute Gasteiger partial charge is 0.344 e. The Morgan fingerprint density at radius 1 is 0.955 bits per heavy atom. The van der Waals surface area contributed by atoms with Gasteiger partial charge in [0.2, 0.25) is 6.10 Å². The number of aryl methyl sites for hydroxylation is 1. The van der Waals surface area contributed by atoms with Crippen LogP contribution in [0.5, 0.6) is 0 Å². The maximum absolute atomic E-state index is 13.0. The van der Waals surface area contributed by atoms with Crippen molar-refractivity contribution in [3.63, 3.8) is 0 Å². The molecule has 16 heteroatoms. The maximum atomic E-state index is 13.0. The first-order valence-electron chi connectivity index (χ1n) is 14.0. The molecule has 4 atom stereocenters. The van der Waals surface area contributed by atoms with Gasteiger partial charge in [0.15, 0.2) is 29.7 Å². The Morgan fingerprint density at radius 2 is 1.64 bits per heavy atom. The van der Waals surface area contributed by atoms with Gasteiger partial charge < -0.3 is 28.3 Å². The second-order valence-electron chi connectivity index (χ2n) is 9.88. The topological polar surface area (TPSA) is 180 Å². The molecule has 1 fully saturated rings. The molecule has 0 bridgehead atoms. The Labute approximate surface area is 250 Å². The molecule has 0 saturated carbocycles. The number of pyridine rings is 1. The molecule has 0 amide bonds. The average molecular weight is 617 g/mol. The van der Waals surface area contributed by atoms with E-state index in [1.165, 1.54) is 53.1 Å². The lowest BCUT2D eigenvalue weighted by atomic mass is 10.1. The summed E-state index contributed by atoms with van der Waals surface area (Å²) in [6.07, 6.45) is 0.138. The summed E-state index contributed by atoms with van der Waals surface area (Å²) in [4.78, 5) is 78.0. The zero-order chi connectivity index (χ0) is 32.1. The Kier molecular flexibility index (Phi) is 9.93. The highest BCUT2D eigenvalue weighted by atomic mass is 16.7. The van der Waals surface area contributed by atoms with Crippen LogP contribution in [0.4, 0.5) is 0 Å². The van der Waals surface area contributed by atoms with Crippen molar-refractivity contribution in [3.05, 3.63) is 57.3 Å². The first kappa shape index (κ1) is 32.1. The van der Waals surface area contributed by atoms with E-state index in [1.54, 1.807) is 26.1 Å². The van der Waals surface area contributed by atoms with E-state index < -0.39 is 59.7 Å². The van der Waals surface area contributed by atoms with E-state index in [0.29, 0.717) is 6.54 Å². The van der Waals surface area contributed by atoms with E-state index in [1.807, 2.05) is 0 Å². The van der Waals surface area contributed by atoms with Gasteiger partial charge in [0.1, 0.15) is 24.9 Å². The third-order valence-corrected chi connectivity index (χ3v) is 6.87. The largest absolute Gasteiger partial charge is 0.463 e. The van der Waals surface area contributed by atoms with Crippen LogP contribution in [0.25, 0.3) is 11.2 Å². The lowest BCUT2D eigenvalue weighted by molar-refractivity contribution is -0.765. The third kappa shape index (κ3) is 6.69. The fraction of sp³-hybridized carbons (Fsp3) is 0.500. The predicted octanol–water partition coefficient (Wildman–Crippen LogP) is -0.132. The highest BCUT2D eigenvalue weighted by Crippen LogP contribution is 2.31. The molecule has 0 aromatic carbocycles. The second kappa shape index (κ2) is 13.6. The van der Waals surface area contributed by atoms with Crippen molar-refractivity contribution in [3.8, 4) is 0 Å². The number of aromatic nitrogens is 5. The van der Waals surface area contributed by atoms with Gasteiger partial charge in [0.05, 0.1) is 12.9 Å². The zero-order valence-electron chi connectivity index (χ0n) is 25.0. The summed E-state index contributed by atoms with van der Waals surface area (Å²) in [5.41, 5.74) is -0.333. The molecule has 3 aromatic rings. The quantitative estimate of drug-likeness (QED) is 0.158. The number of carbonyl (C=O) groups excluding carboxylic acids is 4. The van der Waals surface area contributed by atoms with Gasteiger partial charge in [-0.3, -0.25) is 28.3 Å². The minimum absolute atomic E-state index is 0.0953. The maximum Gasteiger partial charge on any atom is 0.344 e. The highest BCUT2D eigenvalue weighted by molar-refractivity contribution is 5.88. The number of fused-ring (bicyclic) bond motifs is 1.